The van der Waals surface area contributed by atoms with Gasteiger partial charge in [0.15, 0.2) is 5.69 Å². The van der Waals surface area contributed by atoms with Crippen LogP contribution < -0.4 is 5.32 Å². The van der Waals surface area contributed by atoms with Gasteiger partial charge >= 0.3 is 0 Å². The zero-order valence-electron chi connectivity index (χ0n) is 16.1. The lowest BCUT2D eigenvalue weighted by Crippen LogP contribution is -2.47. The maximum Gasteiger partial charge on any atom is 0.273 e. The molecule has 0 unspecified atom stereocenters. The molecule has 1 saturated carbocycles. The highest BCUT2D eigenvalue weighted by Crippen LogP contribution is 2.27. The number of aromatic nitrogens is 1. The molecule has 1 amide bonds. The predicted molar refractivity (Wildman–Crippen MR) is 105 cm³/mol. The standard InChI is InChI=1S/C21H28N4O3/c26-19(17-4-2-1-3-5-17)13-24-8-10-25(11-9-24)14-20-23-18(15-28-20)21(27)22-12-16-6-7-16/h1-5,15-16,19,26H,6-14H2,(H,22,27)/t19-/m1/s1. The van der Waals surface area contributed by atoms with Crippen LogP contribution in [-0.4, -0.2) is 65.1 Å². The van der Waals surface area contributed by atoms with E-state index in [1.54, 1.807) is 0 Å². The Bertz CT molecular complexity index is 767. The number of aliphatic hydroxyl groups excluding tert-OH is 1. The Balaban J connectivity index is 1.20. The molecule has 28 heavy (non-hydrogen) atoms. The van der Waals surface area contributed by atoms with Gasteiger partial charge in [-0.05, 0) is 24.3 Å². The van der Waals surface area contributed by atoms with Crippen molar-refractivity contribution in [2.45, 2.75) is 25.5 Å². The average molecular weight is 384 g/mol. The van der Waals surface area contributed by atoms with Gasteiger partial charge in [0.25, 0.3) is 5.91 Å². The largest absolute Gasteiger partial charge is 0.447 e. The highest BCUT2D eigenvalue weighted by Gasteiger charge is 2.24. The molecule has 150 valence electrons. The Labute approximate surface area is 165 Å². The molecule has 1 atom stereocenters. The third-order valence-electron chi connectivity index (χ3n) is 5.47. The van der Waals surface area contributed by atoms with E-state index in [-0.39, 0.29) is 5.91 Å². The number of benzene rings is 1. The number of carbonyl (C=O) groups is 1. The van der Waals surface area contributed by atoms with Crippen molar-refractivity contribution in [2.24, 2.45) is 5.92 Å². The number of nitrogens with zero attached hydrogens (tertiary/aromatic N) is 3. The molecule has 7 nitrogen and oxygen atoms in total. The van der Waals surface area contributed by atoms with Gasteiger partial charge in [0.2, 0.25) is 5.89 Å². The van der Waals surface area contributed by atoms with Gasteiger partial charge in [-0.15, -0.1) is 0 Å². The van der Waals surface area contributed by atoms with E-state index < -0.39 is 6.10 Å². The number of β-amino-alcohol motifs (C(OH)–C–C–N with tert-alkyl or cyclic N) is 1. The van der Waals surface area contributed by atoms with Gasteiger partial charge < -0.3 is 14.8 Å². The number of oxazole rings is 1. The molecule has 2 aromatic rings. The lowest BCUT2D eigenvalue weighted by atomic mass is 10.1. The zero-order chi connectivity index (χ0) is 19.3. The second-order valence-electron chi connectivity index (χ2n) is 7.78. The fraction of sp³-hybridized carbons (Fsp3) is 0.524. The molecule has 0 bridgehead atoms. The third kappa shape index (κ3) is 5.19. The Morgan fingerprint density at radius 3 is 2.61 bits per heavy atom. The summed E-state index contributed by atoms with van der Waals surface area (Å²) in [4.78, 5) is 20.9. The van der Waals surface area contributed by atoms with Crippen molar-refractivity contribution in [1.29, 1.82) is 0 Å². The van der Waals surface area contributed by atoms with E-state index in [1.807, 2.05) is 30.3 Å². The molecule has 0 spiro atoms. The highest BCUT2D eigenvalue weighted by molar-refractivity contribution is 5.91. The van der Waals surface area contributed by atoms with Crippen molar-refractivity contribution in [3.05, 3.63) is 53.7 Å². The molecule has 2 N–H and O–H groups in total. The van der Waals surface area contributed by atoms with E-state index >= 15 is 0 Å². The summed E-state index contributed by atoms with van der Waals surface area (Å²) in [5, 5.41) is 13.3. The first-order valence-electron chi connectivity index (χ1n) is 10.1. The summed E-state index contributed by atoms with van der Waals surface area (Å²) < 4.78 is 5.49. The number of rotatable bonds is 8. The SMILES string of the molecule is O=C(NCC1CC1)c1coc(CN2CCN(C[C@@H](O)c3ccccc3)CC2)n1. The van der Waals surface area contributed by atoms with E-state index in [1.165, 1.54) is 19.1 Å². The summed E-state index contributed by atoms with van der Waals surface area (Å²) in [5.41, 5.74) is 1.32. The lowest BCUT2D eigenvalue weighted by Gasteiger charge is -2.35. The van der Waals surface area contributed by atoms with Crippen LogP contribution in [0.15, 0.2) is 41.0 Å². The topological polar surface area (TPSA) is 81.8 Å². The molecule has 1 aliphatic carbocycles. The molecular formula is C21H28N4O3. The minimum absolute atomic E-state index is 0.151. The van der Waals surface area contributed by atoms with E-state index in [9.17, 15) is 9.90 Å². The van der Waals surface area contributed by atoms with E-state index in [0.717, 1.165) is 38.3 Å². The van der Waals surface area contributed by atoms with Crippen molar-refractivity contribution >= 4 is 5.91 Å². The van der Waals surface area contributed by atoms with Crippen LogP contribution in [0.1, 0.15) is 40.9 Å². The molecule has 1 aromatic carbocycles. The smallest absolute Gasteiger partial charge is 0.273 e. The van der Waals surface area contributed by atoms with Crippen LogP contribution in [0.5, 0.6) is 0 Å². The molecule has 2 fully saturated rings. The molecular weight excluding hydrogens is 356 g/mol. The Morgan fingerprint density at radius 1 is 1.18 bits per heavy atom. The van der Waals surface area contributed by atoms with Crippen LogP contribution in [0.4, 0.5) is 0 Å². The number of hydrogen-bond donors (Lipinski definition) is 2. The van der Waals surface area contributed by atoms with Gasteiger partial charge in [0.05, 0.1) is 12.6 Å². The number of aliphatic hydroxyl groups is 1. The van der Waals surface area contributed by atoms with E-state index in [0.29, 0.717) is 30.6 Å². The molecule has 4 rings (SSSR count). The predicted octanol–water partition coefficient (Wildman–Crippen LogP) is 1.67. The zero-order valence-corrected chi connectivity index (χ0v) is 16.1. The van der Waals surface area contributed by atoms with Crippen molar-refractivity contribution in [2.75, 3.05) is 39.3 Å². The lowest BCUT2D eigenvalue weighted by molar-refractivity contribution is 0.0671. The summed E-state index contributed by atoms with van der Waals surface area (Å²) in [7, 11) is 0. The monoisotopic (exact) mass is 384 g/mol. The molecule has 1 aliphatic heterocycles. The fourth-order valence-corrected chi connectivity index (χ4v) is 3.48. The summed E-state index contributed by atoms with van der Waals surface area (Å²) >= 11 is 0. The number of piperazine rings is 1. The first kappa shape index (κ1) is 19.1. The molecule has 2 aliphatic rings. The summed E-state index contributed by atoms with van der Waals surface area (Å²) in [6.07, 6.45) is 3.40. The summed E-state index contributed by atoms with van der Waals surface area (Å²) in [6, 6.07) is 9.78. The summed E-state index contributed by atoms with van der Waals surface area (Å²) in [6.45, 7) is 5.52. The van der Waals surface area contributed by atoms with Crippen LogP contribution in [-0.2, 0) is 6.54 Å². The highest BCUT2D eigenvalue weighted by atomic mass is 16.3. The maximum absolute atomic E-state index is 12.1. The van der Waals surface area contributed by atoms with Crippen molar-refractivity contribution in [1.82, 2.24) is 20.1 Å². The second-order valence-corrected chi connectivity index (χ2v) is 7.78. The Morgan fingerprint density at radius 2 is 1.89 bits per heavy atom. The fourth-order valence-electron chi connectivity index (χ4n) is 3.48. The Kier molecular flexibility index (Phi) is 6.04. The molecule has 0 radical (unpaired) electrons. The number of hydrogen-bond acceptors (Lipinski definition) is 6. The van der Waals surface area contributed by atoms with Gasteiger partial charge in [-0.2, -0.15) is 0 Å². The normalized spacial score (nSPS) is 19.5. The van der Waals surface area contributed by atoms with Crippen molar-refractivity contribution < 1.29 is 14.3 Å². The van der Waals surface area contributed by atoms with Crippen LogP contribution in [0.3, 0.4) is 0 Å². The molecule has 2 heterocycles. The van der Waals surface area contributed by atoms with Gasteiger partial charge in [-0.25, -0.2) is 4.98 Å². The number of nitrogens with one attached hydrogen (secondary N) is 1. The Hall–Kier alpha value is -2.22. The van der Waals surface area contributed by atoms with Crippen molar-refractivity contribution in [3.8, 4) is 0 Å². The minimum Gasteiger partial charge on any atom is -0.447 e. The number of amides is 1. The summed E-state index contributed by atoms with van der Waals surface area (Å²) in [5.74, 6) is 1.07. The quantitative estimate of drug-likeness (QED) is 0.721. The second kappa shape index (κ2) is 8.86. The van der Waals surface area contributed by atoms with Crippen LogP contribution in [0, 0.1) is 5.92 Å². The van der Waals surface area contributed by atoms with Crippen LogP contribution in [0.25, 0.3) is 0 Å². The van der Waals surface area contributed by atoms with E-state index in [4.69, 9.17) is 4.42 Å². The number of carbonyl (C=O) groups excluding carboxylic acids is 1. The van der Waals surface area contributed by atoms with Crippen LogP contribution >= 0.6 is 0 Å². The van der Waals surface area contributed by atoms with Crippen molar-refractivity contribution in [3.63, 3.8) is 0 Å². The first-order valence-corrected chi connectivity index (χ1v) is 10.1. The van der Waals surface area contributed by atoms with Gasteiger partial charge in [0.1, 0.15) is 6.26 Å². The van der Waals surface area contributed by atoms with Gasteiger partial charge in [-0.3, -0.25) is 14.6 Å². The van der Waals surface area contributed by atoms with Gasteiger partial charge in [-0.1, -0.05) is 30.3 Å². The minimum atomic E-state index is -0.462. The van der Waals surface area contributed by atoms with Gasteiger partial charge in [0, 0.05) is 39.3 Å². The maximum atomic E-state index is 12.1. The van der Waals surface area contributed by atoms with Crippen LogP contribution in [0.2, 0.25) is 0 Å². The van der Waals surface area contributed by atoms with E-state index in [2.05, 4.69) is 20.1 Å². The first-order chi connectivity index (χ1) is 13.7. The third-order valence-corrected chi connectivity index (χ3v) is 5.47. The molecule has 1 aromatic heterocycles. The molecule has 1 saturated heterocycles. The molecule has 7 heteroatoms. The average Bonchev–Trinajstić information content (AvgIpc) is 3.45.